The first kappa shape index (κ1) is 25.5. The number of hydrogen-bond donors (Lipinski definition) is 1. The van der Waals surface area contributed by atoms with Gasteiger partial charge in [0.1, 0.15) is 11.5 Å². The van der Waals surface area contributed by atoms with Crippen LogP contribution in [0.15, 0.2) is 59.5 Å². The molecule has 0 aliphatic carbocycles. The molecule has 0 aliphatic rings. The van der Waals surface area contributed by atoms with Crippen LogP contribution in [0.25, 0.3) is 0 Å². The van der Waals surface area contributed by atoms with Gasteiger partial charge in [0, 0.05) is 6.54 Å². The number of aryl methyl sites for hydroxylation is 3. The van der Waals surface area contributed by atoms with E-state index >= 15 is 0 Å². The molecule has 0 unspecified atom stereocenters. The summed E-state index contributed by atoms with van der Waals surface area (Å²) in [6.45, 7) is 9.81. The summed E-state index contributed by atoms with van der Waals surface area (Å²) in [5.41, 5.74) is 5.04. The predicted octanol–water partition coefficient (Wildman–Crippen LogP) is 5.41. The average Bonchev–Trinajstić information content (AvgIpc) is 2.79. The number of esters is 1. The molecule has 0 aromatic heterocycles. The summed E-state index contributed by atoms with van der Waals surface area (Å²) in [6, 6.07) is 16.5. The lowest BCUT2D eigenvalue weighted by Gasteiger charge is -2.13. The number of hydrogen-bond acceptors (Lipinski definition) is 5. The topological polar surface area (TPSA) is 81.7 Å². The molecule has 3 rings (SSSR count). The molecule has 34 heavy (non-hydrogen) atoms. The lowest BCUT2D eigenvalue weighted by atomic mass is 10.0. The number of carbonyl (C=O) groups is 1. The third-order valence-corrected chi connectivity index (χ3v) is 7.23. The smallest absolute Gasteiger partial charge is 0.338 e. The van der Waals surface area contributed by atoms with Crippen LogP contribution in [0.1, 0.15) is 45.1 Å². The Kier molecular flexibility index (Phi) is 8.12. The molecule has 0 saturated carbocycles. The highest BCUT2D eigenvalue weighted by atomic mass is 32.2. The van der Waals surface area contributed by atoms with Gasteiger partial charge in [0.2, 0.25) is 10.0 Å². The van der Waals surface area contributed by atoms with Crippen molar-refractivity contribution in [2.75, 3.05) is 13.2 Å². The van der Waals surface area contributed by atoms with E-state index in [1.54, 1.807) is 26.8 Å². The monoisotopic (exact) mass is 481 g/mol. The van der Waals surface area contributed by atoms with Crippen LogP contribution in [-0.2, 0) is 21.2 Å². The van der Waals surface area contributed by atoms with Crippen molar-refractivity contribution in [1.82, 2.24) is 4.72 Å². The van der Waals surface area contributed by atoms with Crippen LogP contribution >= 0.6 is 0 Å². The summed E-state index contributed by atoms with van der Waals surface area (Å²) in [6.07, 6.45) is 0.513. The summed E-state index contributed by atoms with van der Waals surface area (Å²) in [4.78, 5) is 12.3. The summed E-state index contributed by atoms with van der Waals surface area (Å²) in [7, 11) is -3.78. The minimum absolute atomic E-state index is 0.0517. The lowest BCUT2D eigenvalue weighted by Crippen LogP contribution is -2.26. The zero-order valence-corrected chi connectivity index (χ0v) is 21.1. The second-order valence-electron chi connectivity index (χ2n) is 8.27. The summed E-state index contributed by atoms with van der Waals surface area (Å²) in [5.74, 6) is 0.969. The van der Waals surface area contributed by atoms with E-state index in [4.69, 9.17) is 9.47 Å². The highest BCUT2D eigenvalue weighted by Crippen LogP contribution is 2.24. The van der Waals surface area contributed by atoms with Crippen molar-refractivity contribution in [2.24, 2.45) is 0 Å². The summed E-state index contributed by atoms with van der Waals surface area (Å²) < 4.78 is 39.3. The molecule has 0 spiro atoms. The fraction of sp³-hybridized carbons (Fsp3) is 0.296. The predicted molar refractivity (Wildman–Crippen MR) is 133 cm³/mol. The Hall–Kier alpha value is -3.16. The minimum Gasteiger partial charge on any atom is -0.462 e. The zero-order chi connectivity index (χ0) is 24.9. The largest absolute Gasteiger partial charge is 0.462 e. The Balaban J connectivity index is 1.63. The molecule has 0 heterocycles. The molecular formula is C27H31NO5S. The molecule has 3 aromatic carbocycles. The van der Waals surface area contributed by atoms with Crippen molar-refractivity contribution < 1.29 is 22.7 Å². The third-order valence-electron chi connectivity index (χ3n) is 5.79. The van der Waals surface area contributed by atoms with E-state index in [1.807, 2.05) is 49.4 Å². The SMILES string of the molecule is CCOC(=O)c1cc(S(=O)(=O)NCCc2ccc(Oc3ccc(C)c(C)c3)cc2)cc(C)c1C. The quantitative estimate of drug-likeness (QED) is 0.413. The maximum atomic E-state index is 12.8. The van der Waals surface area contributed by atoms with E-state index in [9.17, 15) is 13.2 Å². The zero-order valence-electron chi connectivity index (χ0n) is 20.3. The van der Waals surface area contributed by atoms with Crippen molar-refractivity contribution >= 4 is 16.0 Å². The second kappa shape index (κ2) is 10.8. The van der Waals surface area contributed by atoms with Crippen molar-refractivity contribution in [3.05, 3.63) is 88.0 Å². The molecule has 0 atom stereocenters. The molecule has 0 fully saturated rings. The van der Waals surface area contributed by atoms with Gasteiger partial charge in [-0.05, 0) is 105 Å². The van der Waals surface area contributed by atoms with Crippen molar-refractivity contribution in [3.63, 3.8) is 0 Å². The van der Waals surface area contributed by atoms with Gasteiger partial charge in [-0.3, -0.25) is 0 Å². The van der Waals surface area contributed by atoms with E-state index in [-0.39, 0.29) is 23.6 Å². The number of nitrogens with one attached hydrogen (secondary N) is 1. The summed E-state index contributed by atoms with van der Waals surface area (Å²) in [5, 5.41) is 0. The number of rotatable bonds is 9. The first-order valence-electron chi connectivity index (χ1n) is 11.2. The van der Waals surface area contributed by atoms with Gasteiger partial charge in [-0.2, -0.15) is 0 Å². The fourth-order valence-corrected chi connectivity index (χ4v) is 4.60. The highest BCUT2D eigenvalue weighted by molar-refractivity contribution is 7.89. The van der Waals surface area contributed by atoms with Gasteiger partial charge in [-0.15, -0.1) is 0 Å². The van der Waals surface area contributed by atoms with Crippen LogP contribution in [0.3, 0.4) is 0 Å². The van der Waals surface area contributed by atoms with Gasteiger partial charge in [-0.25, -0.2) is 17.9 Å². The average molecular weight is 482 g/mol. The Morgan fingerprint density at radius 3 is 2.18 bits per heavy atom. The van der Waals surface area contributed by atoms with Crippen LogP contribution in [0.5, 0.6) is 11.5 Å². The van der Waals surface area contributed by atoms with Crippen LogP contribution in [0, 0.1) is 27.7 Å². The highest BCUT2D eigenvalue weighted by Gasteiger charge is 2.20. The van der Waals surface area contributed by atoms with Gasteiger partial charge in [0.05, 0.1) is 17.1 Å². The van der Waals surface area contributed by atoms with E-state index < -0.39 is 16.0 Å². The molecular weight excluding hydrogens is 450 g/mol. The Labute approximate surface area is 202 Å². The fourth-order valence-electron chi connectivity index (χ4n) is 3.45. The van der Waals surface area contributed by atoms with Gasteiger partial charge < -0.3 is 9.47 Å². The number of benzene rings is 3. The second-order valence-corrected chi connectivity index (χ2v) is 10.0. The molecule has 0 bridgehead atoms. The molecule has 7 heteroatoms. The molecule has 180 valence electrons. The minimum atomic E-state index is -3.78. The van der Waals surface area contributed by atoms with Crippen molar-refractivity contribution in [3.8, 4) is 11.5 Å². The number of sulfonamides is 1. The van der Waals surface area contributed by atoms with Crippen LogP contribution in [-0.4, -0.2) is 27.5 Å². The van der Waals surface area contributed by atoms with Crippen molar-refractivity contribution in [1.29, 1.82) is 0 Å². The standard InChI is InChI=1S/C27H31NO5S/c1-6-32-27(29)26-17-25(16-20(4)21(26)5)34(30,31)28-14-13-22-8-11-23(12-9-22)33-24-10-7-18(2)19(3)15-24/h7-12,15-17,28H,6,13-14H2,1-5H3. The summed E-state index contributed by atoms with van der Waals surface area (Å²) >= 11 is 0. The van der Waals surface area contributed by atoms with Gasteiger partial charge in [0.15, 0.2) is 0 Å². The lowest BCUT2D eigenvalue weighted by molar-refractivity contribution is 0.0525. The molecule has 3 aromatic rings. The van der Waals surface area contributed by atoms with Crippen molar-refractivity contribution in [2.45, 2.75) is 45.9 Å². The van der Waals surface area contributed by atoms with Gasteiger partial charge in [-0.1, -0.05) is 18.2 Å². The van der Waals surface area contributed by atoms with Gasteiger partial charge in [0.25, 0.3) is 0 Å². The normalized spacial score (nSPS) is 11.3. The van der Waals surface area contributed by atoms with Crippen LogP contribution in [0.4, 0.5) is 0 Å². The molecule has 0 amide bonds. The van der Waals surface area contributed by atoms with Crippen LogP contribution < -0.4 is 9.46 Å². The first-order valence-corrected chi connectivity index (χ1v) is 12.7. The molecule has 1 N–H and O–H groups in total. The first-order chi connectivity index (χ1) is 16.1. The molecule has 6 nitrogen and oxygen atoms in total. The number of carbonyl (C=O) groups excluding carboxylic acids is 1. The molecule has 0 radical (unpaired) electrons. The third kappa shape index (κ3) is 6.24. The Morgan fingerprint density at radius 2 is 1.53 bits per heavy atom. The van der Waals surface area contributed by atoms with E-state index in [2.05, 4.69) is 11.6 Å². The Morgan fingerprint density at radius 1 is 0.853 bits per heavy atom. The van der Waals surface area contributed by atoms with Gasteiger partial charge >= 0.3 is 5.97 Å². The van der Waals surface area contributed by atoms with E-state index in [0.717, 1.165) is 11.3 Å². The molecule has 0 saturated heterocycles. The Bertz CT molecular complexity index is 1280. The number of ether oxygens (including phenoxy) is 2. The molecule has 0 aliphatic heterocycles. The van der Waals surface area contributed by atoms with Crippen LogP contribution in [0.2, 0.25) is 0 Å². The maximum Gasteiger partial charge on any atom is 0.338 e. The maximum absolute atomic E-state index is 12.8. The van der Waals surface area contributed by atoms with E-state index in [0.29, 0.717) is 23.3 Å². The van der Waals surface area contributed by atoms with E-state index in [1.165, 1.54) is 17.2 Å².